The second kappa shape index (κ2) is 7.32. The van der Waals surface area contributed by atoms with Gasteiger partial charge in [-0.2, -0.15) is 5.10 Å². The minimum absolute atomic E-state index is 0.0928. The van der Waals surface area contributed by atoms with Crippen LogP contribution in [0.2, 0.25) is 0 Å². The maximum Gasteiger partial charge on any atom is 0.240 e. The Morgan fingerprint density at radius 3 is 2.78 bits per heavy atom. The van der Waals surface area contributed by atoms with Gasteiger partial charge in [-0.1, -0.05) is 24.4 Å². The van der Waals surface area contributed by atoms with Gasteiger partial charge in [0.15, 0.2) is 5.17 Å². The molecule has 1 heterocycles. The first kappa shape index (κ1) is 17.1. The Kier molecular flexibility index (Phi) is 5.44. The summed E-state index contributed by atoms with van der Waals surface area (Å²) in [7, 11) is 0. The quantitative estimate of drug-likeness (QED) is 0.722. The fourth-order valence-electron chi connectivity index (χ4n) is 1.94. The molecule has 1 saturated heterocycles. The zero-order valence-corrected chi connectivity index (χ0v) is 14.2. The van der Waals surface area contributed by atoms with Crippen LogP contribution in [0.4, 0.5) is 5.69 Å². The Labute approximate surface area is 139 Å². The van der Waals surface area contributed by atoms with E-state index in [1.54, 1.807) is 6.92 Å². The van der Waals surface area contributed by atoms with Gasteiger partial charge in [0.2, 0.25) is 11.8 Å². The highest BCUT2D eigenvalue weighted by atomic mass is 32.2. The summed E-state index contributed by atoms with van der Waals surface area (Å²) in [5.41, 5.74) is 6.37. The lowest BCUT2D eigenvalue weighted by atomic mass is 10.1. The van der Waals surface area contributed by atoms with Crippen molar-refractivity contribution >= 4 is 34.4 Å². The van der Waals surface area contributed by atoms with E-state index in [4.69, 9.17) is 0 Å². The normalized spacial score (nSPS) is 18.7. The van der Waals surface area contributed by atoms with E-state index < -0.39 is 5.25 Å². The molecule has 2 rings (SSSR count). The SMILES string of the molecule is C=C(C)N/N=C1\NC(=O)C(CC(=O)Nc2ccc(C)c(C)c2)S1. The molecule has 1 aliphatic rings. The fourth-order valence-corrected chi connectivity index (χ4v) is 2.87. The summed E-state index contributed by atoms with van der Waals surface area (Å²) in [6.07, 6.45) is 0.0928. The zero-order chi connectivity index (χ0) is 17.0. The first-order chi connectivity index (χ1) is 10.8. The lowest BCUT2D eigenvalue weighted by Gasteiger charge is -2.09. The number of allylic oxidation sites excluding steroid dienone is 1. The number of anilines is 1. The molecule has 0 aliphatic carbocycles. The number of hydrogen-bond donors (Lipinski definition) is 3. The van der Waals surface area contributed by atoms with E-state index in [0.29, 0.717) is 10.9 Å². The smallest absolute Gasteiger partial charge is 0.240 e. The van der Waals surface area contributed by atoms with E-state index in [1.807, 2.05) is 32.0 Å². The average Bonchev–Trinajstić information content (AvgIpc) is 2.81. The molecule has 0 radical (unpaired) electrons. The van der Waals surface area contributed by atoms with E-state index in [9.17, 15) is 9.59 Å². The number of benzene rings is 1. The molecule has 1 aromatic carbocycles. The van der Waals surface area contributed by atoms with Gasteiger partial charge in [-0.3, -0.25) is 15.0 Å². The van der Waals surface area contributed by atoms with E-state index in [2.05, 4.69) is 27.7 Å². The molecule has 2 amide bonds. The number of nitrogens with one attached hydrogen (secondary N) is 3. The average molecular weight is 332 g/mol. The Morgan fingerprint density at radius 1 is 1.39 bits per heavy atom. The highest BCUT2D eigenvalue weighted by molar-refractivity contribution is 8.15. The minimum Gasteiger partial charge on any atom is -0.326 e. The third kappa shape index (κ3) is 4.85. The van der Waals surface area contributed by atoms with Crippen LogP contribution in [0.1, 0.15) is 24.5 Å². The lowest BCUT2D eigenvalue weighted by Crippen LogP contribution is -2.28. The van der Waals surface area contributed by atoms with E-state index in [1.165, 1.54) is 17.3 Å². The van der Waals surface area contributed by atoms with E-state index in [0.717, 1.165) is 11.3 Å². The maximum atomic E-state index is 12.1. The van der Waals surface area contributed by atoms with Crippen molar-refractivity contribution in [3.63, 3.8) is 0 Å². The van der Waals surface area contributed by atoms with Crippen LogP contribution >= 0.6 is 11.8 Å². The standard InChI is InChI=1S/C16H20N4O2S/c1-9(2)19-20-16-18-15(22)13(23-16)8-14(21)17-12-6-5-10(3)11(4)7-12/h5-7,13,19H,1,8H2,2-4H3,(H,17,21)(H,18,20,22). The molecule has 7 heteroatoms. The molecule has 1 aliphatic heterocycles. The van der Waals surface area contributed by atoms with Crippen LogP contribution in [0, 0.1) is 13.8 Å². The van der Waals surface area contributed by atoms with Crippen LogP contribution in [-0.4, -0.2) is 22.2 Å². The number of hydrazone groups is 1. The van der Waals surface area contributed by atoms with Crippen LogP contribution < -0.4 is 16.1 Å². The number of aryl methyl sites for hydroxylation is 2. The number of carbonyl (C=O) groups is 2. The Morgan fingerprint density at radius 2 is 2.13 bits per heavy atom. The Balaban J connectivity index is 1.92. The first-order valence-electron chi connectivity index (χ1n) is 7.19. The van der Waals surface area contributed by atoms with E-state index in [-0.39, 0.29) is 18.2 Å². The topological polar surface area (TPSA) is 82.6 Å². The van der Waals surface area contributed by atoms with Crippen molar-refractivity contribution < 1.29 is 9.59 Å². The van der Waals surface area contributed by atoms with Gasteiger partial charge in [0.05, 0.1) is 0 Å². The molecule has 23 heavy (non-hydrogen) atoms. The highest BCUT2D eigenvalue weighted by Gasteiger charge is 2.32. The van der Waals surface area contributed by atoms with Gasteiger partial charge in [0.1, 0.15) is 5.25 Å². The summed E-state index contributed by atoms with van der Waals surface area (Å²) in [4.78, 5) is 24.0. The van der Waals surface area contributed by atoms with E-state index >= 15 is 0 Å². The predicted octanol–water partition coefficient (Wildman–Crippen LogP) is 2.26. The summed E-state index contributed by atoms with van der Waals surface area (Å²) >= 11 is 1.23. The predicted molar refractivity (Wildman–Crippen MR) is 94.1 cm³/mol. The van der Waals surface area contributed by atoms with Gasteiger partial charge in [0, 0.05) is 17.8 Å². The number of amidine groups is 1. The van der Waals surface area contributed by atoms with Crippen molar-refractivity contribution in [1.82, 2.24) is 10.7 Å². The lowest BCUT2D eigenvalue weighted by molar-refractivity contribution is -0.122. The number of carbonyl (C=O) groups excluding carboxylic acids is 2. The second-order valence-corrected chi connectivity index (χ2v) is 6.65. The van der Waals surface area contributed by atoms with Crippen molar-refractivity contribution in [2.24, 2.45) is 5.10 Å². The van der Waals surface area contributed by atoms with Crippen LogP contribution in [0.15, 0.2) is 35.6 Å². The Bertz CT molecular complexity index is 685. The fraction of sp³-hybridized carbons (Fsp3) is 0.312. The molecular formula is C16H20N4O2S. The molecule has 3 N–H and O–H groups in total. The van der Waals surface area contributed by atoms with Crippen molar-refractivity contribution in [1.29, 1.82) is 0 Å². The third-order valence-electron chi connectivity index (χ3n) is 3.29. The molecule has 0 saturated carbocycles. The summed E-state index contributed by atoms with van der Waals surface area (Å²) in [5, 5.41) is 9.43. The number of hydrogen-bond acceptors (Lipinski definition) is 5. The molecule has 0 bridgehead atoms. The molecule has 0 aromatic heterocycles. The number of rotatable bonds is 5. The molecule has 1 unspecified atom stereocenters. The molecule has 122 valence electrons. The van der Waals surface area contributed by atoms with Gasteiger partial charge in [0.25, 0.3) is 0 Å². The molecule has 1 aromatic rings. The van der Waals surface area contributed by atoms with Crippen LogP contribution in [0.25, 0.3) is 0 Å². The van der Waals surface area contributed by atoms with Crippen LogP contribution in [0.3, 0.4) is 0 Å². The highest BCUT2D eigenvalue weighted by Crippen LogP contribution is 2.23. The third-order valence-corrected chi connectivity index (χ3v) is 4.37. The zero-order valence-electron chi connectivity index (χ0n) is 13.4. The first-order valence-corrected chi connectivity index (χ1v) is 8.07. The van der Waals surface area contributed by atoms with Crippen molar-refractivity contribution in [3.05, 3.63) is 41.6 Å². The molecule has 0 spiro atoms. The van der Waals surface area contributed by atoms with Gasteiger partial charge < -0.3 is 10.6 Å². The summed E-state index contributed by atoms with van der Waals surface area (Å²) in [5.74, 6) is -0.414. The molecule has 6 nitrogen and oxygen atoms in total. The second-order valence-electron chi connectivity index (χ2n) is 5.46. The van der Waals surface area contributed by atoms with Gasteiger partial charge >= 0.3 is 0 Å². The number of thioether (sulfide) groups is 1. The molecule has 1 fully saturated rings. The van der Waals surface area contributed by atoms with Gasteiger partial charge in [-0.05, 0) is 44.0 Å². The molecular weight excluding hydrogens is 312 g/mol. The molecule has 1 atom stereocenters. The number of amides is 2. The van der Waals surface area contributed by atoms with Crippen molar-refractivity contribution in [2.75, 3.05) is 5.32 Å². The van der Waals surface area contributed by atoms with Crippen LogP contribution in [0.5, 0.6) is 0 Å². The van der Waals surface area contributed by atoms with Crippen molar-refractivity contribution in [3.8, 4) is 0 Å². The number of nitrogens with zero attached hydrogens (tertiary/aromatic N) is 1. The Hall–Kier alpha value is -2.28. The maximum absolute atomic E-state index is 12.1. The van der Waals surface area contributed by atoms with Gasteiger partial charge in [-0.25, -0.2) is 0 Å². The van der Waals surface area contributed by atoms with Crippen molar-refractivity contribution in [2.45, 2.75) is 32.4 Å². The summed E-state index contributed by atoms with van der Waals surface area (Å²) in [6.45, 7) is 9.43. The largest absolute Gasteiger partial charge is 0.326 e. The summed E-state index contributed by atoms with van der Waals surface area (Å²) < 4.78 is 0. The van der Waals surface area contributed by atoms with Crippen LogP contribution in [-0.2, 0) is 9.59 Å². The monoisotopic (exact) mass is 332 g/mol. The van der Waals surface area contributed by atoms with Gasteiger partial charge in [-0.15, -0.1) is 0 Å². The minimum atomic E-state index is -0.479. The summed E-state index contributed by atoms with van der Waals surface area (Å²) in [6, 6.07) is 5.72.